The number of hydrogen-bond donors (Lipinski definition) is 6. The monoisotopic (exact) mass is 333 g/mol. The minimum atomic E-state index is -1.00. The van der Waals surface area contributed by atoms with E-state index in [2.05, 4.69) is 10.3 Å². The Morgan fingerprint density at radius 2 is 1.96 bits per heavy atom. The van der Waals surface area contributed by atoms with Crippen LogP contribution in [0.4, 0.5) is 0 Å². The summed E-state index contributed by atoms with van der Waals surface area (Å²) in [6, 6.07) is -1.79. The van der Waals surface area contributed by atoms with Gasteiger partial charge in [-0.2, -0.15) is 0 Å². The molecule has 0 fully saturated rings. The van der Waals surface area contributed by atoms with E-state index >= 15 is 0 Å². The van der Waals surface area contributed by atoms with Crippen LogP contribution in [0.2, 0.25) is 0 Å². The van der Waals surface area contributed by atoms with Crippen LogP contribution >= 0.6 is 0 Å². The summed E-state index contributed by atoms with van der Waals surface area (Å²) in [6.07, 6.45) is 0.424. The highest BCUT2D eigenvalue weighted by Crippen LogP contribution is 2.02. The van der Waals surface area contributed by atoms with E-state index in [1.165, 1.54) is 5.48 Å². The Labute approximate surface area is 132 Å². The lowest BCUT2D eigenvalue weighted by Crippen LogP contribution is -2.52. The summed E-state index contributed by atoms with van der Waals surface area (Å²) >= 11 is 0. The first-order valence-electron chi connectivity index (χ1n) is 6.89. The van der Waals surface area contributed by atoms with E-state index in [0.29, 0.717) is 0 Å². The molecule has 2 amide bonds. The Kier molecular flexibility index (Phi) is 9.18. The predicted octanol–water partition coefficient (Wildman–Crippen LogP) is -2.16. The molecule has 12 nitrogen and oxygen atoms in total. The molecule has 0 saturated heterocycles. The third kappa shape index (κ3) is 8.53. The van der Waals surface area contributed by atoms with Gasteiger partial charge in [0.15, 0.2) is 5.03 Å². The quantitative estimate of drug-likeness (QED) is 0.0684. The van der Waals surface area contributed by atoms with Crippen molar-refractivity contribution in [2.75, 3.05) is 6.54 Å². The van der Waals surface area contributed by atoms with Gasteiger partial charge in [-0.05, 0) is 18.8 Å². The highest BCUT2D eigenvalue weighted by atomic mass is 16.7. The maximum atomic E-state index is 11.8. The van der Waals surface area contributed by atoms with Gasteiger partial charge in [0, 0.05) is 6.54 Å². The van der Waals surface area contributed by atoms with Gasteiger partial charge in [-0.3, -0.25) is 14.8 Å². The molecule has 0 spiro atoms. The summed E-state index contributed by atoms with van der Waals surface area (Å²) in [7, 11) is 0. The zero-order valence-corrected chi connectivity index (χ0v) is 13.0. The van der Waals surface area contributed by atoms with Gasteiger partial charge in [0.1, 0.15) is 6.04 Å². The molecule has 0 aromatic carbocycles. The van der Waals surface area contributed by atoms with E-state index in [4.69, 9.17) is 16.7 Å². The lowest BCUT2D eigenvalue weighted by molar-refractivity contribution is -0.525. The van der Waals surface area contributed by atoms with Crippen LogP contribution in [0.1, 0.15) is 26.7 Å². The number of carbonyl (C=O) groups is 2. The van der Waals surface area contributed by atoms with E-state index in [1.54, 1.807) is 19.3 Å². The maximum Gasteiger partial charge on any atom is 0.265 e. The lowest BCUT2D eigenvalue weighted by atomic mass is 10.0. The molecular formula is C11H23N7O5. The minimum Gasteiger partial charge on any atom is -0.365 e. The van der Waals surface area contributed by atoms with Crippen LogP contribution < -0.4 is 27.7 Å². The Bertz CT molecular complexity index is 454. The summed E-state index contributed by atoms with van der Waals surface area (Å²) in [5, 5.41) is 20.4. The first-order chi connectivity index (χ1) is 10.7. The number of hydrazine groups is 1. The van der Waals surface area contributed by atoms with Crippen molar-refractivity contribution < 1.29 is 19.8 Å². The van der Waals surface area contributed by atoms with Crippen molar-refractivity contribution in [3.8, 4) is 0 Å². The van der Waals surface area contributed by atoms with Crippen LogP contribution in [0.15, 0.2) is 4.99 Å². The van der Waals surface area contributed by atoms with Gasteiger partial charge < -0.3 is 16.8 Å². The Balaban J connectivity index is 4.50. The number of aliphatic imine (C=N–C) groups is 1. The first-order valence-corrected chi connectivity index (χ1v) is 6.89. The smallest absolute Gasteiger partial charge is 0.265 e. The van der Waals surface area contributed by atoms with Crippen molar-refractivity contribution in [3.05, 3.63) is 10.1 Å². The Morgan fingerprint density at radius 3 is 2.43 bits per heavy atom. The molecule has 0 aliphatic carbocycles. The number of nitro groups is 1. The standard InChI is InChI=1S/C11H23N7O5/c1-6(2)8(12)10(20)15-7(9(19)17-21)4-3-5-14-11(13)16-18(22)23/h6-8,21H,3-5,12H2,1-2H3,(H,15,20)(H,17,19)(H3,13,14,16)/t7-,8?/m0/s1. The van der Waals surface area contributed by atoms with Gasteiger partial charge in [0.25, 0.3) is 11.9 Å². The molecule has 0 saturated carbocycles. The summed E-state index contributed by atoms with van der Waals surface area (Å²) in [6.45, 7) is 3.60. The number of carbonyl (C=O) groups excluding carboxylic acids is 2. The summed E-state index contributed by atoms with van der Waals surface area (Å²) < 4.78 is 0. The van der Waals surface area contributed by atoms with E-state index in [-0.39, 0.29) is 31.3 Å². The number of hydroxylamine groups is 1. The predicted molar refractivity (Wildman–Crippen MR) is 80.5 cm³/mol. The third-order valence-electron chi connectivity index (χ3n) is 2.90. The highest BCUT2D eigenvalue weighted by molar-refractivity contribution is 5.89. The van der Waals surface area contributed by atoms with Crippen LogP contribution in [0, 0.1) is 16.0 Å². The molecule has 1 unspecified atom stereocenters. The van der Waals surface area contributed by atoms with Crippen LogP contribution in [-0.4, -0.2) is 46.6 Å². The van der Waals surface area contributed by atoms with Crippen LogP contribution in [-0.2, 0) is 9.59 Å². The number of rotatable bonds is 9. The lowest BCUT2D eigenvalue weighted by Gasteiger charge is -2.20. The SMILES string of the molecule is CC(C)C(N)C(=O)N[C@@H](CCCN=C(N)N[N+](=O)[O-])C(=O)NO. The van der Waals surface area contributed by atoms with Gasteiger partial charge in [-0.25, -0.2) is 20.6 Å². The van der Waals surface area contributed by atoms with Crippen molar-refractivity contribution in [2.24, 2.45) is 22.4 Å². The third-order valence-corrected chi connectivity index (χ3v) is 2.90. The van der Waals surface area contributed by atoms with Gasteiger partial charge >= 0.3 is 0 Å². The maximum absolute atomic E-state index is 11.8. The molecule has 0 aliphatic heterocycles. The number of nitrogens with two attached hydrogens (primary N) is 2. The van der Waals surface area contributed by atoms with Crippen molar-refractivity contribution >= 4 is 17.8 Å². The second-order valence-corrected chi connectivity index (χ2v) is 5.09. The van der Waals surface area contributed by atoms with E-state index in [1.807, 2.05) is 0 Å². The molecule has 132 valence electrons. The minimum absolute atomic E-state index is 0.0913. The van der Waals surface area contributed by atoms with E-state index in [0.717, 1.165) is 0 Å². The van der Waals surface area contributed by atoms with E-state index < -0.39 is 28.9 Å². The fraction of sp³-hybridized carbons (Fsp3) is 0.727. The second-order valence-electron chi connectivity index (χ2n) is 5.09. The molecule has 0 aliphatic rings. The first kappa shape index (κ1) is 20.5. The summed E-state index contributed by atoms with van der Waals surface area (Å²) in [5.74, 6) is -1.81. The largest absolute Gasteiger partial charge is 0.365 e. The molecule has 23 heavy (non-hydrogen) atoms. The number of nitrogens with one attached hydrogen (secondary N) is 3. The van der Waals surface area contributed by atoms with Crippen LogP contribution in [0.3, 0.4) is 0 Å². The molecule has 0 rings (SSSR count). The number of guanidine groups is 1. The molecule has 0 aromatic heterocycles. The molecular weight excluding hydrogens is 310 g/mol. The number of amides is 2. The molecule has 8 N–H and O–H groups in total. The molecule has 0 bridgehead atoms. The highest BCUT2D eigenvalue weighted by Gasteiger charge is 2.24. The normalized spacial score (nSPS) is 14.0. The second kappa shape index (κ2) is 10.3. The molecule has 2 atom stereocenters. The number of hydrogen-bond acceptors (Lipinski definition) is 7. The van der Waals surface area contributed by atoms with Crippen molar-refractivity contribution in [3.63, 3.8) is 0 Å². The van der Waals surface area contributed by atoms with Crippen molar-refractivity contribution in [2.45, 2.75) is 38.8 Å². The van der Waals surface area contributed by atoms with Gasteiger partial charge in [-0.1, -0.05) is 19.3 Å². The topological polar surface area (TPSA) is 198 Å². The van der Waals surface area contributed by atoms with Crippen molar-refractivity contribution in [1.82, 2.24) is 16.2 Å². The molecule has 12 heteroatoms. The number of nitrogens with zero attached hydrogens (tertiary/aromatic N) is 2. The van der Waals surface area contributed by atoms with Gasteiger partial charge in [-0.15, -0.1) is 0 Å². The Hall–Kier alpha value is -2.47. The van der Waals surface area contributed by atoms with E-state index in [9.17, 15) is 19.7 Å². The van der Waals surface area contributed by atoms with Crippen LogP contribution in [0.5, 0.6) is 0 Å². The fourth-order valence-electron chi connectivity index (χ4n) is 1.54. The molecule has 0 heterocycles. The molecule has 0 radical (unpaired) electrons. The van der Waals surface area contributed by atoms with Crippen LogP contribution in [0.25, 0.3) is 0 Å². The average molecular weight is 333 g/mol. The fourth-order valence-corrected chi connectivity index (χ4v) is 1.54. The summed E-state index contributed by atoms with van der Waals surface area (Å²) in [5.41, 5.74) is 14.0. The zero-order valence-electron chi connectivity index (χ0n) is 13.0. The van der Waals surface area contributed by atoms with Gasteiger partial charge in [0.2, 0.25) is 5.91 Å². The summed E-state index contributed by atoms with van der Waals surface area (Å²) in [4.78, 5) is 37.2. The average Bonchev–Trinajstić information content (AvgIpc) is 2.47. The van der Waals surface area contributed by atoms with Gasteiger partial charge in [0.05, 0.1) is 6.04 Å². The van der Waals surface area contributed by atoms with Crippen molar-refractivity contribution in [1.29, 1.82) is 0 Å². The zero-order chi connectivity index (χ0) is 18.0. The Morgan fingerprint density at radius 1 is 1.35 bits per heavy atom. The molecule has 0 aromatic rings.